The molecule has 0 bridgehead atoms. The first-order valence-corrected chi connectivity index (χ1v) is 26.6. The first-order valence-electron chi connectivity index (χ1n) is 22.8. The molecule has 0 unspecified atom stereocenters. The Labute approximate surface area is 401 Å². The number of carbonyl (C=O) groups excluding carboxylic acids is 2. The number of nitrogens with zero attached hydrogens (tertiary/aromatic N) is 2. The van der Waals surface area contributed by atoms with Crippen LogP contribution in [0, 0.1) is 0 Å². The quantitative estimate of drug-likeness (QED) is 0.0252. The van der Waals surface area contributed by atoms with Crippen LogP contribution in [0.4, 0.5) is 9.59 Å². The van der Waals surface area contributed by atoms with Crippen molar-refractivity contribution in [1.82, 2.24) is 30.6 Å². The number of unbranched alkanes of at least 4 members (excludes halogenated alkanes) is 2. The number of nitrogens with one attached hydrogen (secondary N) is 4. The highest BCUT2D eigenvalue weighted by Gasteiger charge is 2.37. The Morgan fingerprint density at radius 2 is 0.882 bits per heavy atom. The minimum Gasteiger partial charge on any atom is -0.496 e. The molecule has 2 heterocycles. The largest absolute Gasteiger partial charge is 0.500 e. The number of amides is 2. The first kappa shape index (κ1) is 53.4. The Balaban J connectivity index is 1.25. The van der Waals surface area contributed by atoms with Gasteiger partial charge in [0.15, 0.2) is 0 Å². The monoisotopic (exact) mass is 976 g/mol. The molecular weight excluding hydrogens is 909 g/mol. The molecule has 4 N–H and O–H groups in total. The summed E-state index contributed by atoms with van der Waals surface area (Å²) in [5.41, 5.74) is 6.89. The summed E-state index contributed by atoms with van der Waals surface area (Å²) in [4.78, 5) is 42.2. The molecule has 68 heavy (non-hydrogen) atoms. The van der Waals surface area contributed by atoms with Crippen LogP contribution < -0.4 is 20.1 Å². The second-order valence-electron chi connectivity index (χ2n) is 15.6. The van der Waals surface area contributed by atoms with E-state index in [1.54, 1.807) is 56.9 Å². The average Bonchev–Trinajstić information content (AvgIpc) is 4.01. The molecule has 0 aliphatic heterocycles. The van der Waals surface area contributed by atoms with E-state index in [-0.39, 0.29) is 13.2 Å². The van der Waals surface area contributed by atoms with Crippen molar-refractivity contribution >= 4 is 29.8 Å². The van der Waals surface area contributed by atoms with Crippen molar-refractivity contribution in [2.45, 2.75) is 63.5 Å². The summed E-state index contributed by atoms with van der Waals surface area (Å²) in [5, 5.41) is 5.58. The Kier molecular flexibility index (Phi) is 21.5. The summed E-state index contributed by atoms with van der Waals surface area (Å²) >= 11 is 0. The molecule has 0 atom stereocenters. The lowest BCUT2D eigenvalue weighted by molar-refractivity contribution is 0.121. The van der Waals surface area contributed by atoms with E-state index in [0.717, 1.165) is 46.7 Å². The Morgan fingerprint density at radius 3 is 1.22 bits per heavy atom. The van der Waals surface area contributed by atoms with Crippen molar-refractivity contribution in [2.24, 2.45) is 0 Å². The highest BCUT2D eigenvalue weighted by molar-refractivity contribution is 6.60. The molecule has 20 heteroatoms. The smallest absolute Gasteiger partial charge is 0.496 e. The summed E-state index contributed by atoms with van der Waals surface area (Å²) in [5.74, 6) is 2.39. The maximum Gasteiger partial charge on any atom is 0.500 e. The van der Waals surface area contributed by atoms with E-state index in [1.165, 1.54) is 0 Å². The topological polar surface area (TPSA) is 208 Å². The molecule has 3 aromatic carbocycles. The average molecular weight is 977 g/mol. The second kappa shape index (κ2) is 27.4. The van der Waals surface area contributed by atoms with Gasteiger partial charge in [-0.1, -0.05) is 60.7 Å². The van der Waals surface area contributed by atoms with Gasteiger partial charge in [-0.05, 0) is 63.5 Å². The zero-order valence-corrected chi connectivity index (χ0v) is 42.6. The SMILES string of the molecule is COc1cc(-c2nc(-c3ccccc3)c(CCCCOC(=O)NCCC[Si](OC)(OC)OC)[nH]2)c(OC)cc1-c1nc(-c2ccccc2)c(CCCCOC(=O)NCCC[Si](OC)(OC)OC)[nH]1. The second-order valence-corrected chi connectivity index (χ2v) is 21.8. The molecule has 0 saturated heterocycles. The summed E-state index contributed by atoms with van der Waals surface area (Å²) in [7, 11) is 7.27. The van der Waals surface area contributed by atoms with Crippen molar-refractivity contribution in [3.8, 4) is 56.8 Å². The Hall–Kier alpha value is -5.59. The number of aryl methyl sites for hydroxylation is 2. The van der Waals surface area contributed by atoms with Crippen molar-refractivity contribution in [3.63, 3.8) is 0 Å². The van der Waals surface area contributed by atoms with Crippen LogP contribution >= 0.6 is 0 Å². The standard InChI is InChI=1S/C48H68N6O12Si2/c1-57-41-33-38(46-52-40(44(54-46)36-23-13-10-14-24-36)26-16-18-30-66-48(56)50-28-20-32-68(62-6,63-7)64-8)42(58-2)34-37(41)45-51-39(43(53-45)35-21-11-9-12-22-35)25-15-17-29-65-47(55)49-27-19-31-67(59-3,60-4)61-5/h9-14,21-24,33-34H,15-20,25-32H2,1-8H3,(H,49,55)(H,50,56)(H,51,53)(H,52,54). The summed E-state index contributed by atoms with van der Waals surface area (Å²) in [6, 6.07) is 25.0. The molecule has 370 valence electrons. The fourth-order valence-corrected chi connectivity index (χ4v) is 11.2. The van der Waals surface area contributed by atoms with Crippen LogP contribution in [0.5, 0.6) is 11.5 Å². The highest BCUT2D eigenvalue weighted by atomic mass is 28.4. The predicted molar refractivity (Wildman–Crippen MR) is 263 cm³/mol. The molecule has 2 amide bonds. The van der Waals surface area contributed by atoms with E-state index in [4.69, 9.17) is 55.5 Å². The molecule has 0 aliphatic carbocycles. The number of alkyl carbamates (subject to hydrolysis) is 2. The van der Waals surface area contributed by atoms with Crippen molar-refractivity contribution in [3.05, 3.63) is 84.2 Å². The predicted octanol–water partition coefficient (Wildman–Crippen LogP) is 8.45. The van der Waals surface area contributed by atoms with Crippen molar-refractivity contribution in [1.29, 1.82) is 0 Å². The van der Waals surface area contributed by atoms with Crippen LogP contribution in [0.1, 0.15) is 49.9 Å². The minimum atomic E-state index is -2.70. The maximum atomic E-state index is 12.4. The molecule has 5 rings (SSSR count). The summed E-state index contributed by atoms with van der Waals surface area (Å²) in [6.45, 7) is 1.37. The molecule has 0 radical (unpaired) electrons. The third-order valence-corrected chi connectivity index (χ3v) is 17.2. The molecule has 0 fully saturated rings. The number of methoxy groups -OCH3 is 2. The molecular formula is C48H68N6O12Si2. The number of ether oxygens (including phenoxy) is 4. The van der Waals surface area contributed by atoms with Gasteiger partial charge in [-0.15, -0.1) is 0 Å². The Bertz CT molecular complexity index is 2120. The zero-order chi connectivity index (χ0) is 48.8. The number of aromatic nitrogens is 4. The van der Waals surface area contributed by atoms with Crippen LogP contribution in [0.3, 0.4) is 0 Å². The summed E-state index contributed by atoms with van der Waals surface area (Å²) in [6.07, 6.45) is 4.44. The van der Waals surface area contributed by atoms with Crippen LogP contribution in [0.25, 0.3) is 45.3 Å². The fourth-order valence-electron chi connectivity index (χ4n) is 7.72. The van der Waals surface area contributed by atoms with Gasteiger partial charge in [-0.2, -0.15) is 0 Å². The molecule has 0 spiro atoms. The van der Waals surface area contributed by atoms with Gasteiger partial charge < -0.3 is 66.1 Å². The fraction of sp³-hybridized carbons (Fsp3) is 0.458. The lowest BCUT2D eigenvalue weighted by Gasteiger charge is -2.24. The van der Waals surface area contributed by atoms with E-state index >= 15 is 0 Å². The van der Waals surface area contributed by atoms with Crippen LogP contribution in [-0.2, 0) is 48.9 Å². The third kappa shape index (κ3) is 14.7. The van der Waals surface area contributed by atoms with Gasteiger partial charge >= 0.3 is 29.8 Å². The number of aromatic amines is 2. The number of rotatable bonds is 30. The number of H-pyrrole nitrogens is 2. The lowest BCUT2D eigenvalue weighted by atomic mass is 10.1. The van der Waals surface area contributed by atoms with Gasteiger partial charge in [0.05, 0.1) is 49.9 Å². The first-order chi connectivity index (χ1) is 33.1. The molecule has 5 aromatic rings. The van der Waals surface area contributed by atoms with Gasteiger partial charge in [0.1, 0.15) is 23.1 Å². The Morgan fingerprint density at radius 1 is 0.515 bits per heavy atom. The van der Waals surface area contributed by atoms with Crippen LogP contribution in [0.2, 0.25) is 12.1 Å². The number of carbonyl (C=O) groups is 2. The molecule has 18 nitrogen and oxygen atoms in total. The van der Waals surface area contributed by atoms with Gasteiger partial charge in [-0.25, -0.2) is 19.6 Å². The highest BCUT2D eigenvalue weighted by Crippen LogP contribution is 2.41. The molecule has 2 aromatic heterocycles. The number of imidazole rings is 2. The summed E-state index contributed by atoms with van der Waals surface area (Å²) < 4.78 is 55.6. The van der Waals surface area contributed by atoms with Gasteiger partial charge in [0.25, 0.3) is 0 Å². The third-order valence-electron chi connectivity index (χ3n) is 11.5. The van der Waals surface area contributed by atoms with Gasteiger partial charge in [0, 0.05) is 90.4 Å². The van der Waals surface area contributed by atoms with E-state index < -0.39 is 29.8 Å². The minimum absolute atomic E-state index is 0.269. The van der Waals surface area contributed by atoms with Crippen molar-refractivity contribution < 1.29 is 55.1 Å². The molecule has 0 saturated carbocycles. The van der Waals surface area contributed by atoms with E-state index in [2.05, 4.69) is 20.6 Å². The van der Waals surface area contributed by atoms with E-state index in [1.807, 2.05) is 72.8 Å². The van der Waals surface area contributed by atoms with Crippen molar-refractivity contribution in [2.75, 3.05) is 83.2 Å². The van der Waals surface area contributed by atoms with E-state index in [0.29, 0.717) is 98.0 Å². The zero-order valence-electron chi connectivity index (χ0n) is 40.6. The number of hydrogen-bond donors (Lipinski definition) is 4. The maximum absolute atomic E-state index is 12.4. The van der Waals surface area contributed by atoms with Gasteiger partial charge in [-0.3, -0.25) is 0 Å². The number of hydrogen-bond acceptors (Lipinski definition) is 14. The van der Waals surface area contributed by atoms with Crippen LogP contribution in [-0.4, -0.2) is 133 Å². The molecule has 0 aliphatic rings. The lowest BCUT2D eigenvalue weighted by Crippen LogP contribution is -2.43. The van der Waals surface area contributed by atoms with Gasteiger partial charge in [0.2, 0.25) is 0 Å². The van der Waals surface area contributed by atoms with Crippen LogP contribution in [0.15, 0.2) is 72.8 Å². The number of benzene rings is 3. The van der Waals surface area contributed by atoms with E-state index in [9.17, 15) is 9.59 Å². The normalized spacial score (nSPS) is 11.6.